The van der Waals surface area contributed by atoms with Crippen molar-refractivity contribution in [3.8, 4) is 5.75 Å². The molecule has 0 spiro atoms. The molecule has 2 aliphatic rings. The van der Waals surface area contributed by atoms with Gasteiger partial charge in [0, 0.05) is 18.9 Å². The van der Waals surface area contributed by atoms with E-state index in [1.54, 1.807) is 42.5 Å². The first-order chi connectivity index (χ1) is 15.2. The monoisotopic (exact) mass is 455 g/mol. The third-order valence-electron chi connectivity index (χ3n) is 6.94. The van der Waals surface area contributed by atoms with Crippen molar-refractivity contribution in [2.45, 2.75) is 50.8 Å². The quantitative estimate of drug-likeness (QED) is 0.492. The number of Topliss-reactive ketones (excluding diaryl/α,β-unsaturated/α-hetero) is 1. The molecule has 2 fully saturated rings. The number of nitrogens with zero attached hydrogens (tertiary/aromatic N) is 1. The summed E-state index contributed by atoms with van der Waals surface area (Å²) in [4.78, 5) is 25.2. The average molecular weight is 456 g/mol. The van der Waals surface area contributed by atoms with Gasteiger partial charge in [-0.1, -0.05) is 12.5 Å². The van der Waals surface area contributed by atoms with Crippen LogP contribution in [0.5, 0.6) is 5.75 Å². The molecule has 2 aliphatic carbocycles. The van der Waals surface area contributed by atoms with E-state index in [-0.39, 0.29) is 28.6 Å². The van der Waals surface area contributed by atoms with Crippen molar-refractivity contribution in [2.75, 3.05) is 11.4 Å². The zero-order chi connectivity index (χ0) is 23.0. The molecular formula is C25H29NO5S. The average Bonchev–Trinajstić information content (AvgIpc) is 2.75. The molecule has 7 heteroatoms. The zero-order valence-electron chi connectivity index (χ0n) is 18.7. The second-order valence-electron chi connectivity index (χ2n) is 9.03. The molecule has 170 valence electrons. The summed E-state index contributed by atoms with van der Waals surface area (Å²) in [5.74, 6) is 0.114. The summed E-state index contributed by atoms with van der Waals surface area (Å²) in [6.07, 6.45) is 3.94. The number of anilines is 1. The lowest BCUT2D eigenvalue weighted by Crippen LogP contribution is -2.40. The van der Waals surface area contributed by atoms with Crippen molar-refractivity contribution in [1.82, 2.24) is 0 Å². The van der Waals surface area contributed by atoms with Crippen molar-refractivity contribution in [3.63, 3.8) is 0 Å². The third-order valence-corrected chi connectivity index (χ3v) is 8.72. The fourth-order valence-corrected chi connectivity index (χ4v) is 6.05. The van der Waals surface area contributed by atoms with E-state index >= 15 is 0 Å². The van der Waals surface area contributed by atoms with Gasteiger partial charge in [0.25, 0.3) is 10.0 Å². The van der Waals surface area contributed by atoms with Crippen molar-refractivity contribution >= 4 is 27.5 Å². The number of hydrogen-bond acceptors (Lipinski definition) is 5. The summed E-state index contributed by atoms with van der Waals surface area (Å²) in [6, 6.07) is 11.5. The third kappa shape index (κ3) is 4.31. The summed E-state index contributed by atoms with van der Waals surface area (Å²) < 4.78 is 32.8. The van der Waals surface area contributed by atoms with E-state index in [0.29, 0.717) is 30.1 Å². The SMILES string of the molecule is Cc1ccc(S(=O)(=O)N(C)c2ccc(OC(=O)C3CC4CCCC(C3)C4=O)cc2)cc1C. The van der Waals surface area contributed by atoms with Crippen molar-refractivity contribution in [3.05, 3.63) is 53.6 Å². The van der Waals surface area contributed by atoms with Crippen LogP contribution in [0.3, 0.4) is 0 Å². The van der Waals surface area contributed by atoms with E-state index < -0.39 is 10.0 Å². The summed E-state index contributed by atoms with van der Waals surface area (Å²) in [5, 5.41) is 0. The standard InChI is InChI=1S/C25H29NO5S/c1-16-7-12-23(13-17(16)2)32(29,30)26(3)21-8-10-22(11-9-21)31-25(28)20-14-18-5-4-6-19(15-20)24(18)27/h7-13,18-20H,4-6,14-15H2,1-3H3. The van der Waals surface area contributed by atoms with Crippen LogP contribution in [0.2, 0.25) is 0 Å². The number of aryl methyl sites for hydroxylation is 2. The maximum atomic E-state index is 13.0. The summed E-state index contributed by atoms with van der Waals surface area (Å²) in [5.41, 5.74) is 2.42. The van der Waals surface area contributed by atoms with Crippen LogP contribution in [0, 0.1) is 31.6 Å². The molecule has 0 radical (unpaired) electrons. The van der Waals surface area contributed by atoms with Crippen LogP contribution in [-0.2, 0) is 19.6 Å². The van der Waals surface area contributed by atoms with Gasteiger partial charge in [-0.2, -0.15) is 0 Å². The predicted molar refractivity (Wildman–Crippen MR) is 122 cm³/mol. The Morgan fingerprint density at radius 2 is 1.59 bits per heavy atom. The number of carbonyl (C=O) groups is 2. The topological polar surface area (TPSA) is 80.8 Å². The molecule has 2 saturated carbocycles. The molecule has 2 aromatic rings. The van der Waals surface area contributed by atoms with Crippen LogP contribution in [-0.4, -0.2) is 27.2 Å². The molecule has 32 heavy (non-hydrogen) atoms. The van der Waals surface area contributed by atoms with Gasteiger partial charge in [-0.3, -0.25) is 13.9 Å². The highest BCUT2D eigenvalue weighted by molar-refractivity contribution is 7.92. The van der Waals surface area contributed by atoms with Crippen LogP contribution in [0.15, 0.2) is 47.4 Å². The Hall–Kier alpha value is -2.67. The molecule has 6 nitrogen and oxygen atoms in total. The van der Waals surface area contributed by atoms with Gasteiger partial charge in [0.15, 0.2) is 0 Å². The van der Waals surface area contributed by atoms with Crippen molar-refractivity contribution in [1.29, 1.82) is 0 Å². The smallest absolute Gasteiger partial charge is 0.314 e. The maximum absolute atomic E-state index is 13.0. The van der Waals surface area contributed by atoms with E-state index in [1.165, 1.54) is 11.4 Å². The Kier molecular flexibility index (Phi) is 6.12. The molecule has 0 saturated heterocycles. The molecule has 0 heterocycles. The molecule has 0 aromatic heterocycles. The predicted octanol–water partition coefficient (Wildman–Crippen LogP) is 4.43. The normalized spacial score (nSPS) is 23.0. The highest BCUT2D eigenvalue weighted by atomic mass is 32.2. The van der Waals surface area contributed by atoms with E-state index in [4.69, 9.17) is 4.74 Å². The first-order valence-corrected chi connectivity index (χ1v) is 12.5. The Balaban J connectivity index is 1.44. The van der Waals surface area contributed by atoms with E-state index in [1.807, 2.05) is 13.8 Å². The molecule has 2 aromatic carbocycles. The summed E-state index contributed by atoms with van der Waals surface area (Å²) in [6.45, 7) is 3.82. The Labute approximate surface area is 189 Å². The van der Waals surface area contributed by atoms with Gasteiger partial charge in [0.05, 0.1) is 16.5 Å². The number of ketones is 1. The minimum absolute atomic E-state index is 0.00769. The van der Waals surface area contributed by atoms with Gasteiger partial charge in [-0.15, -0.1) is 0 Å². The first kappa shape index (κ1) is 22.5. The molecule has 4 rings (SSSR count). The number of rotatable bonds is 5. The highest BCUT2D eigenvalue weighted by Crippen LogP contribution is 2.40. The summed E-state index contributed by atoms with van der Waals surface area (Å²) in [7, 11) is -2.20. The molecule has 0 N–H and O–H groups in total. The second kappa shape index (κ2) is 8.70. The largest absolute Gasteiger partial charge is 0.426 e. The molecule has 2 atom stereocenters. The Bertz CT molecular complexity index is 1120. The Morgan fingerprint density at radius 1 is 0.969 bits per heavy atom. The van der Waals surface area contributed by atoms with Crippen LogP contribution in [0.25, 0.3) is 0 Å². The van der Waals surface area contributed by atoms with E-state index in [0.717, 1.165) is 30.4 Å². The van der Waals surface area contributed by atoms with Crippen molar-refractivity contribution < 1.29 is 22.7 Å². The van der Waals surface area contributed by atoms with Gasteiger partial charge >= 0.3 is 5.97 Å². The lowest BCUT2D eigenvalue weighted by atomic mass is 9.67. The fraction of sp³-hybridized carbons (Fsp3) is 0.440. The zero-order valence-corrected chi connectivity index (χ0v) is 19.5. The number of hydrogen-bond donors (Lipinski definition) is 0. The number of benzene rings is 2. The highest BCUT2D eigenvalue weighted by Gasteiger charge is 2.42. The van der Waals surface area contributed by atoms with E-state index in [2.05, 4.69) is 0 Å². The second-order valence-corrected chi connectivity index (χ2v) is 11.0. The van der Waals surface area contributed by atoms with Gasteiger partial charge < -0.3 is 4.74 Å². The molecular weight excluding hydrogens is 426 g/mol. The van der Waals surface area contributed by atoms with Gasteiger partial charge in [-0.05, 0) is 87.1 Å². The fourth-order valence-electron chi connectivity index (χ4n) is 4.77. The number of carbonyl (C=O) groups excluding carboxylic acids is 2. The number of sulfonamides is 1. The van der Waals surface area contributed by atoms with Crippen LogP contribution < -0.4 is 9.04 Å². The van der Waals surface area contributed by atoms with Gasteiger partial charge in [0.2, 0.25) is 0 Å². The Morgan fingerprint density at radius 3 is 2.19 bits per heavy atom. The molecule has 2 bridgehead atoms. The lowest BCUT2D eigenvalue weighted by Gasteiger charge is -2.36. The minimum Gasteiger partial charge on any atom is -0.426 e. The first-order valence-electron chi connectivity index (χ1n) is 11.1. The van der Waals surface area contributed by atoms with Crippen LogP contribution in [0.1, 0.15) is 43.2 Å². The number of ether oxygens (including phenoxy) is 1. The molecule has 0 aliphatic heterocycles. The number of fused-ring (bicyclic) bond motifs is 2. The minimum atomic E-state index is -3.70. The molecule has 2 unspecified atom stereocenters. The van der Waals surface area contributed by atoms with Gasteiger partial charge in [0.1, 0.15) is 11.5 Å². The van der Waals surface area contributed by atoms with Crippen molar-refractivity contribution in [2.24, 2.45) is 17.8 Å². The lowest BCUT2D eigenvalue weighted by molar-refractivity contribution is -0.145. The molecule has 0 amide bonds. The van der Waals surface area contributed by atoms with E-state index in [9.17, 15) is 18.0 Å². The summed E-state index contributed by atoms with van der Waals surface area (Å²) >= 11 is 0. The van der Waals surface area contributed by atoms with Crippen LogP contribution in [0.4, 0.5) is 5.69 Å². The van der Waals surface area contributed by atoms with Crippen LogP contribution >= 0.6 is 0 Å². The maximum Gasteiger partial charge on any atom is 0.314 e. The number of esters is 1. The van der Waals surface area contributed by atoms with Gasteiger partial charge in [-0.25, -0.2) is 8.42 Å².